The number of methoxy groups -OCH3 is 1. The first kappa shape index (κ1) is 20.9. The molecule has 2 aromatic heterocycles. The van der Waals surface area contributed by atoms with E-state index >= 15 is 0 Å². The van der Waals surface area contributed by atoms with Crippen LogP contribution < -0.4 is 20.8 Å². The number of halogens is 1. The second kappa shape index (κ2) is 9.59. The largest absolute Gasteiger partial charge is 0.481 e. The van der Waals surface area contributed by atoms with E-state index in [1.54, 1.807) is 18.3 Å². The number of hydrogen-bond acceptors (Lipinski definition) is 6. The summed E-state index contributed by atoms with van der Waals surface area (Å²) in [6.07, 6.45) is 2.71. The van der Waals surface area contributed by atoms with E-state index in [4.69, 9.17) is 12.6 Å². The smallest absolute Gasteiger partial charge is 0.270 e. The average molecular weight is 405 g/mol. The highest BCUT2D eigenvalue weighted by atomic mass is 19.1. The van der Waals surface area contributed by atoms with Crippen LogP contribution in [0.1, 0.15) is 32.1 Å². The number of benzene rings is 1. The molecular weight excluding hydrogens is 388 g/mol. The van der Waals surface area contributed by atoms with Crippen LogP contribution in [0.3, 0.4) is 0 Å². The summed E-state index contributed by atoms with van der Waals surface area (Å²) in [6.45, 7) is 0.355. The summed E-state index contributed by atoms with van der Waals surface area (Å²) < 4.78 is 18.3. The summed E-state index contributed by atoms with van der Waals surface area (Å²) in [5, 5.41) is 5.35. The zero-order valence-corrected chi connectivity index (χ0v) is 16.1. The maximum atomic E-state index is 13.2. The van der Waals surface area contributed by atoms with Crippen LogP contribution in [-0.2, 0) is 13.1 Å². The summed E-state index contributed by atoms with van der Waals surface area (Å²) in [5.41, 5.74) is 1.48. The molecule has 2 heterocycles. The molecule has 2 amide bonds. The number of rotatable bonds is 7. The lowest BCUT2D eigenvalue weighted by molar-refractivity contribution is 0.0944. The fourth-order valence-electron chi connectivity index (χ4n) is 2.53. The number of pyridine rings is 1. The van der Waals surface area contributed by atoms with E-state index in [-0.39, 0.29) is 29.9 Å². The quantitative estimate of drug-likeness (QED) is 0.560. The van der Waals surface area contributed by atoms with Gasteiger partial charge < -0.3 is 15.4 Å². The fourth-order valence-corrected chi connectivity index (χ4v) is 2.53. The molecule has 2 N–H and O–H groups in total. The zero-order valence-electron chi connectivity index (χ0n) is 16.1. The Kier molecular flexibility index (Phi) is 6.69. The molecule has 0 saturated heterocycles. The van der Waals surface area contributed by atoms with E-state index in [1.165, 1.54) is 31.4 Å². The monoisotopic (exact) mass is 405 g/mol. The SMILES string of the molecule is [B]c1cc(CNC(=O)c2cc(C(=O)NCc3ccnc(OC)c3)ncn2)ccc1F. The maximum Gasteiger partial charge on any atom is 0.270 e. The van der Waals surface area contributed by atoms with Gasteiger partial charge >= 0.3 is 0 Å². The second-order valence-electron chi connectivity index (χ2n) is 6.22. The lowest BCUT2D eigenvalue weighted by atomic mass is 9.93. The molecule has 0 saturated carbocycles. The van der Waals surface area contributed by atoms with Crippen LogP contribution in [0.4, 0.5) is 4.39 Å². The Hall–Kier alpha value is -3.82. The summed E-state index contributed by atoms with van der Waals surface area (Å²) >= 11 is 0. The van der Waals surface area contributed by atoms with E-state index in [1.807, 2.05) is 0 Å². The van der Waals surface area contributed by atoms with Crippen molar-refractivity contribution in [2.75, 3.05) is 7.11 Å². The summed E-state index contributed by atoms with van der Waals surface area (Å²) in [6, 6.07) is 8.89. The molecule has 0 bridgehead atoms. The molecule has 0 fully saturated rings. The topological polar surface area (TPSA) is 106 Å². The van der Waals surface area contributed by atoms with Crippen LogP contribution in [-0.4, -0.2) is 41.7 Å². The van der Waals surface area contributed by atoms with Crippen LogP contribution in [0, 0.1) is 5.82 Å². The number of carbonyl (C=O) groups excluding carboxylic acids is 2. The van der Waals surface area contributed by atoms with Crippen molar-refractivity contribution >= 4 is 25.1 Å². The first-order valence-electron chi connectivity index (χ1n) is 8.87. The molecule has 2 radical (unpaired) electrons. The minimum Gasteiger partial charge on any atom is -0.481 e. The number of aromatic nitrogens is 3. The molecule has 0 atom stereocenters. The molecule has 0 aliphatic rings. The van der Waals surface area contributed by atoms with Gasteiger partial charge in [0.15, 0.2) is 0 Å². The van der Waals surface area contributed by atoms with Crippen LogP contribution in [0.5, 0.6) is 5.88 Å². The minimum absolute atomic E-state index is 0.00504. The highest BCUT2D eigenvalue weighted by Gasteiger charge is 2.13. The molecule has 0 aliphatic heterocycles. The fraction of sp³-hybridized carbons (Fsp3) is 0.150. The molecule has 10 heteroatoms. The lowest BCUT2D eigenvalue weighted by Crippen LogP contribution is -2.27. The van der Waals surface area contributed by atoms with Crippen molar-refractivity contribution in [1.82, 2.24) is 25.6 Å². The highest BCUT2D eigenvalue weighted by molar-refractivity contribution is 6.32. The van der Waals surface area contributed by atoms with Crippen LogP contribution in [0.15, 0.2) is 48.9 Å². The molecule has 0 unspecified atom stereocenters. The van der Waals surface area contributed by atoms with Crippen molar-refractivity contribution in [1.29, 1.82) is 0 Å². The van der Waals surface area contributed by atoms with E-state index < -0.39 is 17.6 Å². The first-order valence-corrected chi connectivity index (χ1v) is 8.87. The number of carbonyl (C=O) groups is 2. The van der Waals surface area contributed by atoms with Crippen LogP contribution in [0.2, 0.25) is 0 Å². The maximum absolute atomic E-state index is 13.2. The lowest BCUT2D eigenvalue weighted by Gasteiger charge is -2.08. The standard InChI is InChI=1S/C20H17BFN5O3/c1-30-18-7-13(4-5-23-18)10-25-20(29)17-8-16(26-11-27-17)19(28)24-9-12-2-3-15(22)14(21)6-12/h2-8,11H,9-10H2,1H3,(H,24,28)(H,25,29). The van der Waals surface area contributed by atoms with Gasteiger partial charge in [-0.05, 0) is 23.3 Å². The van der Waals surface area contributed by atoms with E-state index in [0.717, 1.165) is 11.9 Å². The molecule has 3 rings (SSSR count). The molecular formula is C20H17BFN5O3. The Morgan fingerprint density at radius 3 is 2.20 bits per heavy atom. The van der Waals surface area contributed by atoms with Gasteiger partial charge in [0.2, 0.25) is 5.88 Å². The second-order valence-corrected chi connectivity index (χ2v) is 6.22. The van der Waals surface area contributed by atoms with Gasteiger partial charge in [-0.2, -0.15) is 0 Å². The Morgan fingerprint density at radius 1 is 0.967 bits per heavy atom. The van der Waals surface area contributed by atoms with Gasteiger partial charge in [0.1, 0.15) is 31.4 Å². The van der Waals surface area contributed by atoms with Crippen molar-refractivity contribution in [2.45, 2.75) is 13.1 Å². The Morgan fingerprint density at radius 2 is 1.60 bits per heavy atom. The van der Waals surface area contributed by atoms with Crippen molar-refractivity contribution in [3.05, 3.63) is 77.3 Å². The van der Waals surface area contributed by atoms with E-state index in [0.29, 0.717) is 11.4 Å². The zero-order chi connectivity index (χ0) is 21.5. The van der Waals surface area contributed by atoms with Crippen molar-refractivity contribution < 1.29 is 18.7 Å². The minimum atomic E-state index is -0.526. The third kappa shape index (κ3) is 5.37. The molecule has 0 spiro atoms. The average Bonchev–Trinajstić information content (AvgIpc) is 2.78. The summed E-state index contributed by atoms with van der Waals surface area (Å²) in [4.78, 5) is 36.5. The Labute approximate surface area is 173 Å². The molecule has 30 heavy (non-hydrogen) atoms. The van der Waals surface area contributed by atoms with Gasteiger partial charge in [0.05, 0.1) is 7.11 Å². The van der Waals surface area contributed by atoms with Gasteiger partial charge in [-0.15, -0.1) is 0 Å². The molecule has 0 aliphatic carbocycles. The van der Waals surface area contributed by atoms with Crippen molar-refractivity contribution in [3.8, 4) is 5.88 Å². The number of nitrogens with one attached hydrogen (secondary N) is 2. The molecule has 1 aromatic carbocycles. The van der Waals surface area contributed by atoms with Gasteiger partial charge in [0.25, 0.3) is 11.8 Å². The van der Waals surface area contributed by atoms with Crippen molar-refractivity contribution in [3.63, 3.8) is 0 Å². The van der Waals surface area contributed by atoms with Gasteiger partial charge in [-0.25, -0.2) is 19.3 Å². The van der Waals surface area contributed by atoms with Gasteiger partial charge in [-0.1, -0.05) is 17.6 Å². The summed E-state index contributed by atoms with van der Waals surface area (Å²) in [5.74, 6) is -1.06. The Balaban J connectivity index is 1.60. The number of nitrogens with zero attached hydrogens (tertiary/aromatic N) is 3. The predicted octanol–water partition coefficient (Wildman–Crippen LogP) is 0.673. The number of hydrogen-bond donors (Lipinski definition) is 2. The van der Waals surface area contributed by atoms with E-state index in [9.17, 15) is 14.0 Å². The van der Waals surface area contributed by atoms with Gasteiger partial charge in [-0.3, -0.25) is 9.59 Å². The predicted molar refractivity (Wildman–Crippen MR) is 107 cm³/mol. The number of ether oxygens (including phenoxy) is 1. The third-order valence-electron chi connectivity index (χ3n) is 4.11. The van der Waals surface area contributed by atoms with Crippen LogP contribution in [0.25, 0.3) is 0 Å². The normalized spacial score (nSPS) is 10.3. The number of amides is 2. The Bertz CT molecular complexity index is 1080. The highest BCUT2D eigenvalue weighted by Crippen LogP contribution is 2.08. The van der Waals surface area contributed by atoms with E-state index in [2.05, 4.69) is 25.6 Å². The van der Waals surface area contributed by atoms with Crippen molar-refractivity contribution in [2.24, 2.45) is 0 Å². The summed E-state index contributed by atoms with van der Waals surface area (Å²) in [7, 11) is 7.02. The first-order chi connectivity index (χ1) is 14.5. The van der Waals surface area contributed by atoms with Gasteiger partial charge in [0, 0.05) is 31.4 Å². The molecule has 150 valence electrons. The molecule has 8 nitrogen and oxygen atoms in total. The van der Waals surface area contributed by atoms with Crippen LogP contribution >= 0.6 is 0 Å². The molecule has 3 aromatic rings. The third-order valence-corrected chi connectivity index (χ3v) is 4.11.